The molecule has 0 N–H and O–H groups in total. The van der Waals surface area contributed by atoms with Crippen molar-refractivity contribution in [1.29, 1.82) is 0 Å². The van der Waals surface area contributed by atoms with Gasteiger partial charge in [-0.25, -0.2) is 26.3 Å². The van der Waals surface area contributed by atoms with E-state index >= 15 is 4.39 Å². The largest absolute Gasteiger partial charge is 0.573 e. The van der Waals surface area contributed by atoms with E-state index in [1.165, 1.54) is 54.4 Å². The summed E-state index contributed by atoms with van der Waals surface area (Å²) < 4.78 is 169. The van der Waals surface area contributed by atoms with Gasteiger partial charge in [-0.15, -0.1) is 32.9 Å². The van der Waals surface area contributed by atoms with E-state index in [9.17, 15) is 48.3 Å². The lowest BCUT2D eigenvalue weighted by Gasteiger charge is -2.13. The van der Waals surface area contributed by atoms with E-state index in [1.54, 1.807) is 24.3 Å². The highest BCUT2D eigenvalue weighted by Gasteiger charge is 2.36. The second-order valence-corrected chi connectivity index (χ2v) is 16.0. The summed E-state index contributed by atoms with van der Waals surface area (Å²) >= 11 is 0. The van der Waals surface area contributed by atoms with E-state index in [0.717, 1.165) is 67.0 Å². The average molecular weight is 961 g/mol. The van der Waals surface area contributed by atoms with Gasteiger partial charge in [0.25, 0.3) is 0 Å². The molecule has 0 unspecified atom stereocenters. The van der Waals surface area contributed by atoms with Crippen LogP contribution in [0.5, 0.6) is 11.5 Å². The maximum absolute atomic E-state index is 15.0. The number of benzene rings is 8. The molecule has 0 saturated heterocycles. The van der Waals surface area contributed by atoms with Gasteiger partial charge in [0.05, 0.1) is 0 Å². The summed E-state index contributed by atoms with van der Waals surface area (Å²) in [6.07, 6.45) is -2.48. The molecule has 8 aromatic rings. The molecule has 356 valence electrons. The highest BCUT2D eigenvalue weighted by Crippen LogP contribution is 2.39. The Kier molecular flexibility index (Phi) is 15.1. The van der Waals surface area contributed by atoms with Crippen LogP contribution in [-0.4, -0.2) is 12.7 Å². The Balaban J connectivity index is 0.000000204. The molecule has 14 heteroatoms. The van der Waals surface area contributed by atoms with E-state index < -0.39 is 59.1 Å². The van der Waals surface area contributed by atoms with Gasteiger partial charge >= 0.3 is 12.7 Å². The number of allylic oxidation sites excluding steroid dienone is 1. The molecule has 8 rings (SSSR count). The fourth-order valence-corrected chi connectivity index (χ4v) is 7.81. The maximum Gasteiger partial charge on any atom is 0.573 e. The molecule has 2 nitrogen and oxygen atoms in total. The van der Waals surface area contributed by atoms with Gasteiger partial charge < -0.3 is 9.47 Å². The Morgan fingerprint density at radius 1 is 0.435 bits per heavy atom. The minimum absolute atomic E-state index is 0.0193. The molecule has 8 aromatic carbocycles. The smallest absolute Gasteiger partial charge is 0.399 e. The van der Waals surface area contributed by atoms with Crippen LogP contribution in [0.4, 0.5) is 52.7 Å². The summed E-state index contributed by atoms with van der Waals surface area (Å²) in [6.45, 7) is 5.85. The van der Waals surface area contributed by atoms with E-state index in [4.69, 9.17) is 0 Å². The molecule has 0 spiro atoms. The first-order valence-electron chi connectivity index (χ1n) is 21.6. The van der Waals surface area contributed by atoms with Crippen LogP contribution < -0.4 is 9.47 Å². The number of unbranched alkanes of at least 4 members (excludes halogenated alkanes) is 2. The fraction of sp³-hybridized carbons (Fsp3) is 0.164. The highest BCUT2D eigenvalue weighted by molar-refractivity contribution is 5.91. The molecule has 0 aromatic heterocycles. The van der Waals surface area contributed by atoms with Crippen molar-refractivity contribution in [2.45, 2.75) is 58.2 Å². The van der Waals surface area contributed by atoms with Crippen LogP contribution in [0.15, 0.2) is 146 Å². The second-order valence-electron chi connectivity index (χ2n) is 16.0. The van der Waals surface area contributed by atoms with Crippen LogP contribution in [0.25, 0.3) is 66.1 Å². The molecular weight excluding hydrogens is 921 g/mol. The predicted octanol–water partition coefficient (Wildman–Crippen LogP) is 17.8. The van der Waals surface area contributed by atoms with Crippen molar-refractivity contribution in [1.82, 2.24) is 0 Å². The molecule has 0 aliphatic carbocycles. The molecular formula is C55H40F12O2. The van der Waals surface area contributed by atoms with Gasteiger partial charge in [0, 0.05) is 21.9 Å². The van der Waals surface area contributed by atoms with Crippen molar-refractivity contribution in [2.75, 3.05) is 0 Å². The Morgan fingerprint density at radius 3 is 1.20 bits per heavy atom. The number of hydrogen-bond donors (Lipinski definition) is 0. The van der Waals surface area contributed by atoms with Gasteiger partial charge in [-0.1, -0.05) is 123 Å². The number of rotatable bonds is 13. The van der Waals surface area contributed by atoms with Gasteiger partial charge in [0.1, 0.15) is 11.6 Å². The Morgan fingerprint density at radius 2 is 0.826 bits per heavy atom. The first-order chi connectivity index (χ1) is 32.8. The number of alkyl halides is 6. The molecule has 0 bridgehead atoms. The molecule has 0 atom stereocenters. The lowest BCUT2D eigenvalue weighted by Crippen LogP contribution is -2.19. The lowest BCUT2D eigenvalue weighted by molar-refractivity contribution is -0.277. The summed E-state index contributed by atoms with van der Waals surface area (Å²) in [5, 5.41) is -0.599. The third-order valence-electron chi connectivity index (χ3n) is 11.2. The molecule has 69 heavy (non-hydrogen) atoms. The van der Waals surface area contributed by atoms with Crippen molar-refractivity contribution in [2.24, 2.45) is 0 Å². The molecule has 0 amide bonds. The van der Waals surface area contributed by atoms with Crippen molar-refractivity contribution in [3.63, 3.8) is 0 Å². The molecule has 0 radical (unpaired) electrons. The van der Waals surface area contributed by atoms with E-state index in [2.05, 4.69) is 23.0 Å². The van der Waals surface area contributed by atoms with E-state index in [-0.39, 0.29) is 32.7 Å². The normalized spacial score (nSPS) is 11.7. The minimum atomic E-state index is -5.24. The predicted molar refractivity (Wildman–Crippen MR) is 245 cm³/mol. The first kappa shape index (κ1) is 49.7. The Labute approximate surface area is 389 Å². The third kappa shape index (κ3) is 12.1. The molecule has 0 aliphatic heterocycles. The van der Waals surface area contributed by atoms with Crippen molar-refractivity contribution in [3.8, 4) is 56.0 Å². The fourth-order valence-electron chi connectivity index (χ4n) is 7.81. The Hall–Kier alpha value is -7.22. The zero-order valence-electron chi connectivity index (χ0n) is 36.6. The number of hydrogen-bond acceptors (Lipinski definition) is 2. The molecule has 0 fully saturated rings. The van der Waals surface area contributed by atoms with Crippen LogP contribution in [0.3, 0.4) is 0 Å². The zero-order chi connectivity index (χ0) is 49.6. The van der Waals surface area contributed by atoms with E-state index in [1.807, 2.05) is 54.6 Å². The van der Waals surface area contributed by atoms with Crippen molar-refractivity contribution < 1.29 is 62.2 Å². The number of ether oxygens (including phenoxy) is 2. The highest BCUT2D eigenvalue weighted by atomic mass is 19.4. The van der Waals surface area contributed by atoms with Crippen LogP contribution in [0.2, 0.25) is 0 Å². The van der Waals surface area contributed by atoms with Gasteiger partial charge in [0.15, 0.2) is 23.3 Å². The van der Waals surface area contributed by atoms with Crippen LogP contribution in [0, 0.1) is 34.9 Å². The maximum atomic E-state index is 15.0. The zero-order valence-corrected chi connectivity index (χ0v) is 36.6. The molecule has 0 aliphatic rings. The topological polar surface area (TPSA) is 18.5 Å². The summed E-state index contributed by atoms with van der Waals surface area (Å²) in [5.74, 6) is -10.1. The van der Waals surface area contributed by atoms with Crippen molar-refractivity contribution >= 4 is 21.5 Å². The van der Waals surface area contributed by atoms with Gasteiger partial charge in [-0.3, -0.25) is 0 Å². The summed E-state index contributed by atoms with van der Waals surface area (Å²) in [7, 11) is 0. The van der Waals surface area contributed by atoms with Crippen LogP contribution in [0.1, 0.15) is 43.7 Å². The number of fused-ring (bicyclic) bond motifs is 2. The summed E-state index contributed by atoms with van der Waals surface area (Å²) in [6, 6.07) is 34.1. The summed E-state index contributed by atoms with van der Waals surface area (Å²) in [5.41, 5.74) is 6.41. The first-order valence-corrected chi connectivity index (χ1v) is 21.6. The standard InChI is InChI=1S/C28H22F6O.C27H18F6O/c1-2-3-4-5-17-6-8-18(9-7-17)19-10-12-22(24(29)15-19)20-11-13-23-21(14-20)16-25(30)27(26(23)31)35-28(32,33)34;1-2-3-4-16-5-7-17(8-6-16)18-9-11-21(23(28)14-18)19-10-12-22-20(13-19)15-24(29)26(25(22)30)34-27(31,32)33/h6-16H,2-5H2,1H3;2,5-15H,1,3-4H2. The SMILES string of the molecule is C=CCCc1ccc(-c2ccc(-c3ccc4c(F)c(OC(F)(F)F)c(F)cc4c3)c(F)c2)cc1.CCCCCc1ccc(-c2ccc(-c3ccc4c(F)c(OC(F)(F)F)c(F)cc4c3)c(F)c2)cc1. The third-order valence-corrected chi connectivity index (χ3v) is 11.2. The Bertz CT molecular complexity index is 3120. The van der Waals surface area contributed by atoms with Gasteiger partial charge in [-0.2, -0.15) is 0 Å². The summed E-state index contributed by atoms with van der Waals surface area (Å²) in [4.78, 5) is 0. The molecule has 0 heterocycles. The second kappa shape index (κ2) is 21.0. The van der Waals surface area contributed by atoms with Crippen molar-refractivity contribution in [3.05, 3.63) is 192 Å². The van der Waals surface area contributed by atoms with Gasteiger partial charge in [-0.05, 0) is 117 Å². The average Bonchev–Trinajstić information content (AvgIpc) is 3.31. The van der Waals surface area contributed by atoms with E-state index in [0.29, 0.717) is 22.3 Å². The van der Waals surface area contributed by atoms with Gasteiger partial charge in [0.2, 0.25) is 11.5 Å². The minimum Gasteiger partial charge on any atom is -0.399 e. The number of aryl methyl sites for hydroxylation is 2. The lowest BCUT2D eigenvalue weighted by atomic mass is 9.96. The van der Waals surface area contributed by atoms with Crippen LogP contribution in [-0.2, 0) is 12.8 Å². The molecule has 0 saturated carbocycles. The number of halogens is 12. The monoisotopic (exact) mass is 960 g/mol. The quantitative estimate of drug-likeness (QED) is 0.0651. The van der Waals surface area contributed by atoms with Crippen LogP contribution >= 0.6 is 0 Å².